The van der Waals surface area contributed by atoms with Gasteiger partial charge >= 0.3 is 0 Å². The van der Waals surface area contributed by atoms with Crippen molar-refractivity contribution >= 4 is 11.5 Å². The molecule has 29 heavy (non-hydrogen) atoms. The summed E-state index contributed by atoms with van der Waals surface area (Å²) in [5.74, 6) is 0.0270. The molecule has 3 heterocycles. The van der Waals surface area contributed by atoms with E-state index < -0.39 is 0 Å². The zero-order chi connectivity index (χ0) is 20.4. The predicted octanol–water partition coefficient (Wildman–Crippen LogP) is 4.37. The molecule has 0 saturated heterocycles. The lowest BCUT2D eigenvalue weighted by Crippen LogP contribution is -2.11. The number of nitrogens with zero attached hydrogens (tertiary/aromatic N) is 6. The van der Waals surface area contributed by atoms with Crippen LogP contribution in [0.2, 0.25) is 0 Å². The van der Waals surface area contributed by atoms with E-state index in [9.17, 15) is 4.39 Å². The number of rotatable bonds is 6. The summed E-state index contributed by atoms with van der Waals surface area (Å²) in [7, 11) is 0. The molecule has 0 radical (unpaired) electrons. The minimum absolute atomic E-state index is 0.125. The topological polar surface area (TPSA) is 61.6 Å². The summed E-state index contributed by atoms with van der Waals surface area (Å²) in [6.45, 7) is 12.4. The zero-order valence-electron chi connectivity index (χ0n) is 16.1. The van der Waals surface area contributed by atoms with E-state index in [0.29, 0.717) is 36.0 Å². The van der Waals surface area contributed by atoms with Gasteiger partial charge in [-0.3, -0.25) is 0 Å². The molecule has 1 aromatic carbocycles. The predicted molar refractivity (Wildman–Crippen MR) is 107 cm³/mol. The van der Waals surface area contributed by atoms with E-state index in [2.05, 4.69) is 19.9 Å². The molecule has 0 bridgehead atoms. The van der Waals surface area contributed by atoms with Crippen molar-refractivity contribution in [2.24, 2.45) is 0 Å². The zero-order valence-corrected chi connectivity index (χ0v) is 16.1. The molecule has 0 fully saturated rings. The van der Waals surface area contributed by atoms with Crippen molar-refractivity contribution in [2.75, 3.05) is 6.61 Å². The summed E-state index contributed by atoms with van der Waals surface area (Å²) in [6.07, 6.45) is 3.35. The lowest BCUT2D eigenvalue weighted by Gasteiger charge is -2.11. The highest BCUT2D eigenvalue weighted by Gasteiger charge is 2.19. The van der Waals surface area contributed by atoms with Crippen LogP contribution in [0.4, 0.5) is 10.2 Å². The molecule has 7 nitrogen and oxygen atoms in total. The molecule has 8 heteroatoms. The third kappa shape index (κ3) is 3.73. The van der Waals surface area contributed by atoms with Gasteiger partial charge in [0.15, 0.2) is 0 Å². The maximum absolute atomic E-state index is 13.4. The third-order valence-electron chi connectivity index (χ3n) is 4.44. The molecular weight excluding hydrogens is 371 g/mol. The van der Waals surface area contributed by atoms with Gasteiger partial charge in [-0.25, -0.2) is 14.4 Å². The van der Waals surface area contributed by atoms with Crippen molar-refractivity contribution in [3.8, 4) is 22.6 Å². The Morgan fingerprint density at radius 1 is 1.14 bits per heavy atom. The van der Waals surface area contributed by atoms with E-state index in [-0.39, 0.29) is 11.9 Å². The van der Waals surface area contributed by atoms with E-state index in [1.54, 1.807) is 18.5 Å². The van der Waals surface area contributed by atoms with Crippen LogP contribution in [0.15, 0.2) is 48.9 Å². The van der Waals surface area contributed by atoms with Gasteiger partial charge in [-0.15, -0.1) is 4.52 Å². The molecule has 4 aromatic rings. The van der Waals surface area contributed by atoms with Gasteiger partial charge in [0.2, 0.25) is 5.65 Å². The number of benzene rings is 1. The Morgan fingerprint density at radius 3 is 2.66 bits per heavy atom. The van der Waals surface area contributed by atoms with Crippen LogP contribution in [0.25, 0.3) is 33.1 Å². The molecule has 0 aliphatic carbocycles. The second-order valence-corrected chi connectivity index (χ2v) is 6.78. The molecule has 146 valence electrons. The first kappa shape index (κ1) is 18.8. The molecule has 0 aliphatic rings. The molecule has 0 aliphatic heterocycles. The smallest absolute Gasteiger partial charge is 0.275 e. The largest absolute Gasteiger partial charge is 0.377 e. The fourth-order valence-corrected chi connectivity index (χ4v) is 3.09. The first-order valence-electron chi connectivity index (χ1n) is 9.22. The van der Waals surface area contributed by atoms with Crippen LogP contribution in [0.1, 0.15) is 13.8 Å². The standard InChI is InChI=1S/C21H19FN6O/c1-14(2)29-11-10-27-13-25-20(15-4-6-16(22)7-5-15)21(27)17-8-9-18-24-12-19(23-3)28(18)26-17/h4-9,12-14H,10-11H2,1-2H3. The Labute approximate surface area is 167 Å². The minimum Gasteiger partial charge on any atom is -0.377 e. The van der Waals surface area contributed by atoms with Crippen LogP contribution in [0.5, 0.6) is 0 Å². The highest BCUT2D eigenvalue weighted by atomic mass is 19.1. The van der Waals surface area contributed by atoms with E-state index in [1.165, 1.54) is 22.8 Å². The highest BCUT2D eigenvalue weighted by molar-refractivity contribution is 5.77. The summed E-state index contributed by atoms with van der Waals surface area (Å²) in [5, 5.41) is 4.62. The number of halogens is 1. The van der Waals surface area contributed by atoms with Crippen molar-refractivity contribution in [3.63, 3.8) is 0 Å². The molecule has 0 saturated carbocycles. The van der Waals surface area contributed by atoms with Gasteiger partial charge in [0.05, 0.1) is 36.6 Å². The van der Waals surface area contributed by atoms with Gasteiger partial charge in [-0.05, 0) is 44.2 Å². The van der Waals surface area contributed by atoms with Gasteiger partial charge in [-0.2, -0.15) is 0 Å². The van der Waals surface area contributed by atoms with Crippen molar-refractivity contribution in [2.45, 2.75) is 26.5 Å². The van der Waals surface area contributed by atoms with Crippen LogP contribution in [0.3, 0.4) is 0 Å². The van der Waals surface area contributed by atoms with Gasteiger partial charge in [0.25, 0.3) is 5.82 Å². The fourth-order valence-electron chi connectivity index (χ4n) is 3.09. The number of fused-ring (bicyclic) bond motifs is 1. The van der Waals surface area contributed by atoms with E-state index in [4.69, 9.17) is 11.3 Å². The van der Waals surface area contributed by atoms with Crippen molar-refractivity contribution in [1.29, 1.82) is 0 Å². The van der Waals surface area contributed by atoms with Crippen LogP contribution in [-0.2, 0) is 11.3 Å². The number of imidazole rings is 2. The Hall–Kier alpha value is -3.57. The van der Waals surface area contributed by atoms with Crippen LogP contribution in [0, 0.1) is 12.4 Å². The molecule has 0 N–H and O–H groups in total. The molecular formula is C21H19FN6O. The molecule has 0 unspecified atom stereocenters. The second-order valence-electron chi connectivity index (χ2n) is 6.78. The first-order chi connectivity index (χ1) is 14.1. The SMILES string of the molecule is [C-]#[N+]c1cnc2ccc(-c3c(-c4ccc(F)cc4)ncn3CCOC(C)C)nn12. The molecule has 4 rings (SSSR count). The average Bonchev–Trinajstić information content (AvgIpc) is 3.31. The highest BCUT2D eigenvalue weighted by Crippen LogP contribution is 2.31. The summed E-state index contributed by atoms with van der Waals surface area (Å²) < 4.78 is 22.6. The quantitative estimate of drug-likeness (QED) is 0.459. The maximum Gasteiger partial charge on any atom is 0.275 e. The minimum atomic E-state index is -0.306. The van der Waals surface area contributed by atoms with Gasteiger partial charge < -0.3 is 14.1 Å². The van der Waals surface area contributed by atoms with Gasteiger partial charge in [-0.1, -0.05) is 11.7 Å². The van der Waals surface area contributed by atoms with Gasteiger partial charge in [0.1, 0.15) is 11.5 Å². The first-order valence-corrected chi connectivity index (χ1v) is 9.22. The van der Waals surface area contributed by atoms with Crippen LogP contribution < -0.4 is 0 Å². The third-order valence-corrected chi connectivity index (χ3v) is 4.44. The molecule has 0 amide bonds. The Bertz CT molecular complexity index is 1190. The van der Waals surface area contributed by atoms with E-state index in [0.717, 1.165) is 11.3 Å². The van der Waals surface area contributed by atoms with E-state index >= 15 is 0 Å². The maximum atomic E-state index is 13.4. The van der Waals surface area contributed by atoms with Crippen LogP contribution in [-0.4, -0.2) is 36.9 Å². The average molecular weight is 390 g/mol. The number of ether oxygens (including phenoxy) is 1. The lowest BCUT2D eigenvalue weighted by atomic mass is 10.1. The number of hydrogen-bond acceptors (Lipinski definition) is 4. The summed E-state index contributed by atoms with van der Waals surface area (Å²) >= 11 is 0. The molecule has 0 spiro atoms. The normalized spacial score (nSPS) is 11.3. The van der Waals surface area contributed by atoms with Crippen molar-refractivity contribution < 1.29 is 9.13 Å². The number of hydrogen-bond donors (Lipinski definition) is 0. The Kier molecular flexibility index (Phi) is 5.06. The Morgan fingerprint density at radius 2 is 1.93 bits per heavy atom. The van der Waals surface area contributed by atoms with Crippen LogP contribution >= 0.6 is 0 Å². The van der Waals surface area contributed by atoms with Crippen molar-refractivity contribution in [3.05, 3.63) is 66.2 Å². The Balaban J connectivity index is 1.83. The molecule has 0 atom stereocenters. The summed E-state index contributed by atoms with van der Waals surface area (Å²) in [6, 6.07) is 9.85. The lowest BCUT2D eigenvalue weighted by molar-refractivity contribution is 0.0729. The molecule has 3 aromatic heterocycles. The van der Waals surface area contributed by atoms with E-state index in [1.807, 2.05) is 30.5 Å². The fraction of sp³-hybridized carbons (Fsp3) is 0.238. The van der Waals surface area contributed by atoms with Crippen molar-refractivity contribution in [1.82, 2.24) is 24.1 Å². The summed E-state index contributed by atoms with van der Waals surface area (Å²) in [5.41, 5.74) is 3.48. The number of aromatic nitrogens is 5. The summed E-state index contributed by atoms with van der Waals surface area (Å²) in [4.78, 5) is 12.2. The second kappa shape index (κ2) is 7.81. The van der Waals surface area contributed by atoms with Gasteiger partial charge in [0, 0.05) is 18.2 Å². The monoisotopic (exact) mass is 390 g/mol.